The molecule has 0 aromatic rings. The number of unbranched alkanes of at least 4 members (excludes halogenated alkanes) is 14. The van der Waals surface area contributed by atoms with Crippen molar-refractivity contribution in [2.24, 2.45) is 0 Å². The standard InChI is InChI=1S/C62H98O6/c1-4-7-10-13-16-18-20-21-22-23-24-25-26-27-28-29-30-31-32-33-34-35-36-37-38-39-40-41-42-44-46-49-52-55-61(64)67-58-59(57-66-60(63)54-51-48-45-15-12-9-6-3)68-62(65)56-53-50-47-43-19-17-14-11-8-5-2/h7,10-11,14,16,18,21-22,24-25,27-28,30-31,33-34,36-37,39-40,42,44,59H,4-6,8-9,12-13,15,17,19-20,23,26,29,32,35,38,41,43,45-58H2,1-3H3/b10-7-,14-11-,18-16-,22-21-,25-24-,28-27-,31-30-,34-33-,37-36-,40-39-,44-42-. The molecule has 0 bridgehead atoms. The van der Waals surface area contributed by atoms with Gasteiger partial charge in [-0.1, -0.05) is 219 Å². The second-order valence-corrected chi connectivity index (χ2v) is 17.4. The molecule has 0 aliphatic carbocycles. The highest BCUT2D eigenvalue weighted by Crippen LogP contribution is 2.12. The van der Waals surface area contributed by atoms with Crippen LogP contribution in [0.4, 0.5) is 0 Å². The summed E-state index contributed by atoms with van der Waals surface area (Å²) in [5.41, 5.74) is 0. The van der Waals surface area contributed by atoms with Crippen LogP contribution in [0.2, 0.25) is 0 Å². The van der Waals surface area contributed by atoms with Gasteiger partial charge in [-0.3, -0.25) is 14.4 Å². The van der Waals surface area contributed by atoms with E-state index in [4.69, 9.17) is 14.2 Å². The third kappa shape index (κ3) is 52.5. The number of carbonyl (C=O) groups is 3. The Balaban J connectivity index is 4.21. The van der Waals surface area contributed by atoms with Gasteiger partial charge in [0.2, 0.25) is 0 Å². The maximum absolute atomic E-state index is 12.7. The smallest absolute Gasteiger partial charge is 0.306 e. The Morgan fingerprint density at radius 2 is 0.603 bits per heavy atom. The highest BCUT2D eigenvalue weighted by atomic mass is 16.6. The molecule has 0 saturated carbocycles. The molecular formula is C62H98O6. The predicted molar refractivity (Wildman–Crippen MR) is 292 cm³/mol. The monoisotopic (exact) mass is 939 g/mol. The Labute approximate surface area is 417 Å². The largest absolute Gasteiger partial charge is 0.462 e. The minimum atomic E-state index is -0.799. The molecule has 0 amide bonds. The van der Waals surface area contributed by atoms with Crippen LogP contribution in [-0.4, -0.2) is 37.2 Å². The van der Waals surface area contributed by atoms with Crippen LogP contribution >= 0.6 is 0 Å². The zero-order valence-electron chi connectivity index (χ0n) is 43.6. The number of ether oxygens (including phenoxy) is 3. The second-order valence-electron chi connectivity index (χ2n) is 17.4. The van der Waals surface area contributed by atoms with Crippen molar-refractivity contribution < 1.29 is 28.6 Å². The number of hydrogen-bond donors (Lipinski definition) is 0. The molecule has 0 aliphatic rings. The van der Waals surface area contributed by atoms with Gasteiger partial charge in [-0.25, -0.2) is 0 Å². The Kier molecular flexibility index (Phi) is 51.5. The van der Waals surface area contributed by atoms with Crippen molar-refractivity contribution in [3.8, 4) is 0 Å². The lowest BCUT2D eigenvalue weighted by Gasteiger charge is -2.18. The zero-order valence-corrected chi connectivity index (χ0v) is 43.6. The van der Waals surface area contributed by atoms with E-state index in [9.17, 15) is 14.4 Å². The lowest BCUT2D eigenvalue weighted by molar-refractivity contribution is -0.167. The van der Waals surface area contributed by atoms with E-state index in [-0.39, 0.29) is 31.1 Å². The SMILES string of the molecule is CC/C=C\C/C=C\C/C=C\C/C=C\C/C=C\C/C=C\C/C=C\C/C=C\C/C=C\C/C=C\CCCCC(=O)OCC(COC(=O)CCCCCCCCC)OC(=O)CCCCCCC/C=C\CCC. The van der Waals surface area contributed by atoms with E-state index in [1.165, 1.54) is 38.5 Å². The van der Waals surface area contributed by atoms with Gasteiger partial charge in [0, 0.05) is 19.3 Å². The van der Waals surface area contributed by atoms with Crippen LogP contribution in [-0.2, 0) is 28.6 Å². The first kappa shape index (κ1) is 63.5. The highest BCUT2D eigenvalue weighted by Gasteiger charge is 2.19. The quantitative estimate of drug-likeness (QED) is 0.0262. The summed E-state index contributed by atoms with van der Waals surface area (Å²) in [6.45, 7) is 6.35. The molecule has 0 spiro atoms. The maximum Gasteiger partial charge on any atom is 0.306 e. The highest BCUT2D eigenvalue weighted by molar-refractivity contribution is 5.71. The summed E-state index contributed by atoms with van der Waals surface area (Å²) in [6.07, 6.45) is 77.6. The van der Waals surface area contributed by atoms with E-state index in [2.05, 4.69) is 154 Å². The van der Waals surface area contributed by atoms with Gasteiger partial charge in [-0.05, 0) is 116 Å². The Hall–Kier alpha value is -4.45. The topological polar surface area (TPSA) is 78.9 Å². The molecule has 0 heterocycles. The summed E-state index contributed by atoms with van der Waals surface area (Å²) in [5, 5.41) is 0. The normalized spacial score (nSPS) is 13.2. The molecule has 68 heavy (non-hydrogen) atoms. The van der Waals surface area contributed by atoms with Gasteiger partial charge in [0.05, 0.1) is 0 Å². The van der Waals surface area contributed by atoms with Gasteiger partial charge >= 0.3 is 17.9 Å². The van der Waals surface area contributed by atoms with E-state index in [1.54, 1.807) is 0 Å². The summed E-state index contributed by atoms with van der Waals surface area (Å²) in [5.74, 6) is -0.972. The first-order valence-corrected chi connectivity index (χ1v) is 27.2. The van der Waals surface area contributed by atoms with Crippen molar-refractivity contribution in [3.63, 3.8) is 0 Å². The third-order valence-electron chi connectivity index (χ3n) is 10.9. The molecule has 6 nitrogen and oxygen atoms in total. The summed E-state index contributed by atoms with van der Waals surface area (Å²) < 4.78 is 16.6. The molecule has 382 valence electrons. The first-order chi connectivity index (χ1) is 33.5. The predicted octanol–water partition coefficient (Wildman–Crippen LogP) is 18.3. The lowest BCUT2D eigenvalue weighted by Crippen LogP contribution is -2.30. The number of allylic oxidation sites excluding steroid dienone is 22. The summed E-state index contributed by atoms with van der Waals surface area (Å²) in [7, 11) is 0. The summed E-state index contributed by atoms with van der Waals surface area (Å²) in [4.78, 5) is 37.7. The van der Waals surface area contributed by atoms with Crippen LogP contribution in [0.15, 0.2) is 134 Å². The van der Waals surface area contributed by atoms with Gasteiger partial charge in [0.15, 0.2) is 6.10 Å². The van der Waals surface area contributed by atoms with E-state index in [1.807, 2.05) is 0 Å². The number of hydrogen-bond acceptors (Lipinski definition) is 6. The zero-order chi connectivity index (χ0) is 49.3. The van der Waals surface area contributed by atoms with Gasteiger partial charge in [-0.15, -0.1) is 0 Å². The lowest BCUT2D eigenvalue weighted by atomic mass is 10.1. The molecule has 0 saturated heterocycles. The molecule has 0 aromatic heterocycles. The van der Waals surface area contributed by atoms with Crippen LogP contribution in [0.3, 0.4) is 0 Å². The molecule has 0 aromatic carbocycles. The van der Waals surface area contributed by atoms with E-state index < -0.39 is 6.10 Å². The Morgan fingerprint density at radius 1 is 0.309 bits per heavy atom. The maximum atomic E-state index is 12.7. The summed E-state index contributed by atoms with van der Waals surface area (Å²) >= 11 is 0. The van der Waals surface area contributed by atoms with Gasteiger partial charge in [-0.2, -0.15) is 0 Å². The fourth-order valence-electron chi connectivity index (χ4n) is 6.82. The Bertz CT molecular complexity index is 1500. The molecule has 0 radical (unpaired) electrons. The van der Waals surface area contributed by atoms with Crippen LogP contribution in [0.25, 0.3) is 0 Å². The molecule has 6 heteroatoms. The van der Waals surface area contributed by atoms with Crippen LogP contribution < -0.4 is 0 Å². The van der Waals surface area contributed by atoms with Crippen molar-refractivity contribution in [2.75, 3.05) is 13.2 Å². The fraction of sp³-hybridized carbons (Fsp3) is 0.597. The molecule has 0 rings (SSSR count). The molecule has 0 aliphatic heterocycles. The van der Waals surface area contributed by atoms with E-state index in [0.717, 1.165) is 135 Å². The molecule has 1 unspecified atom stereocenters. The average Bonchev–Trinajstić information content (AvgIpc) is 3.34. The van der Waals surface area contributed by atoms with E-state index in [0.29, 0.717) is 25.7 Å². The summed E-state index contributed by atoms with van der Waals surface area (Å²) in [6, 6.07) is 0. The molecule has 0 fully saturated rings. The minimum absolute atomic E-state index is 0.0981. The molecular weight excluding hydrogens is 841 g/mol. The Morgan fingerprint density at radius 3 is 1.00 bits per heavy atom. The molecule has 0 N–H and O–H groups in total. The minimum Gasteiger partial charge on any atom is -0.462 e. The van der Waals surface area contributed by atoms with Crippen molar-refractivity contribution in [1.29, 1.82) is 0 Å². The average molecular weight is 939 g/mol. The van der Waals surface area contributed by atoms with Crippen LogP contribution in [0.5, 0.6) is 0 Å². The van der Waals surface area contributed by atoms with Crippen molar-refractivity contribution in [3.05, 3.63) is 134 Å². The van der Waals surface area contributed by atoms with Crippen molar-refractivity contribution in [2.45, 2.75) is 226 Å². The molecule has 1 atom stereocenters. The van der Waals surface area contributed by atoms with Gasteiger partial charge in [0.25, 0.3) is 0 Å². The van der Waals surface area contributed by atoms with Gasteiger partial charge in [0.1, 0.15) is 13.2 Å². The van der Waals surface area contributed by atoms with Crippen LogP contribution in [0.1, 0.15) is 220 Å². The van der Waals surface area contributed by atoms with Crippen molar-refractivity contribution >= 4 is 17.9 Å². The first-order valence-electron chi connectivity index (χ1n) is 27.2. The fourth-order valence-corrected chi connectivity index (χ4v) is 6.82. The van der Waals surface area contributed by atoms with Crippen LogP contribution in [0, 0.1) is 0 Å². The van der Waals surface area contributed by atoms with Gasteiger partial charge < -0.3 is 14.2 Å². The number of rotatable bonds is 47. The van der Waals surface area contributed by atoms with E-state index >= 15 is 0 Å². The third-order valence-corrected chi connectivity index (χ3v) is 10.9. The van der Waals surface area contributed by atoms with Crippen molar-refractivity contribution in [1.82, 2.24) is 0 Å². The number of esters is 3. The second kappa shape index (κ2) is 55.1. The number of carbonyl (C=O) groups excluding carboxylic acids is 3.